The molecule has 94 valence electrons. The highest BCUT2D eigenvalue weighted by molar-refractivity contribution is 5.76. The molecule has 0 heterocycles. The maximum atomic E-state index is 13.0. The standard InChI is InChI=1S/C13H18FNO2/c1-2-15(13(17)7-4-8-16)10-11-5-3-6-12(14)9-11/h3,5-6,9,16H,2,4,7-8,10H2,1H3. The van der Waals surface area contributed by atoms with Gasteiger partial charge in [-0.3, -0.25) is 4.79 Å². The van der Waals surface area contributed by atoms with E-state index < -0.39 is 0 Å². The summed E-state index contributed by atoms with van der Waals surface area (Å²) in [5, 5.41) is 8.68. The van der Waals surface area contributed by atoms with Gasteiger partial charge in [-0.05, 0) is 31.0 Å². The van der Waals surface area contributed by atoms with Crippen LogP contribution in [0.15, 0.2) is 24.3 Å². The van der Waals surface area contributed by atoms with Gasteiger partial charge < -0.3 is 10.0 Å². The van der Waals surface area contributed by atoms with Gasteiger partial charge in [0.15, 0.2) is 0 Å². The van der Waals surface area contributed by atoms with Crippen LogP contribution in [-0.4, -0.2) is 29.1 Å². The van der Waals surface area contributed by atoms with Crippen molar-refractivity contribution in [3.05, 3.63) is 35.6 Å². The predicted octanol–water partition coefficient (Wildman–Crippen LogP) is 1.95. The second-order valence-corrected chi connectivity index (χ2v) is 3.86. The van der Waals surface area contributed by atoms with E-state index in [1.165, 1.54) is 12.1 Å². The van der Waals surface area contributed by atoms with E-state index in [1.807, 2.05) is 6.92 Å². The number of amides is 1. The molecule has 0 saturated heterocycles. The zero-order chi connectivity index (χ0) is 12.7. The minimum atomic E-state index is -0.290. The second-order valence-electron chi connectivity index (χ2n) is 3.86. The van der Waals surface area contributed by atoms with Crippen molar-refractivity contribution < 1.29 is 14.3 Å². The minimum absolute atomic E-state index is 0.00851. The first kappa shape index (κ1) is 13.6. The van der Waals surface area contributed by atoms with Gasteiger partial charge in [0.1, 0.15) is 5.82 Å². The molecular weight excluding hydrogens is 221 g/mol. The Morgan fingerprint density at radius 2 is 2.24 bits per heavy atom. The third kappa shape index (κ3) is 4.53. The maximum absolute atomic E-state index is 13.0. The van der Waals surface area contributed by atoms with Crippen molar-refractivity contribution in [2.24, 2.45) is 0 Å². The first-order valence-corrected chi connectivity index (χ1v) is 5.80. The number of hydrogen-bond donors (Lipinski definition) is 1. The van der Waals surface area contributed by atoms with E-state index in [0.717, 1.165) is 5.56 Å². The summed E-state index contributed by atoms with van der Waals surface area (Å²) in [7, 11) is 0. The van der Waals surface area contributed by atoms with Crippen LogP contribution < -0.4 is 0 Å². The molecule has 0 atom stereocenters. The van der Waals surface area contributed by atoms with Crippen LogP contribution in [-0.2, 0) is 11.3 Å². The molecule has 0 aliphatic carbocycles. The molecule has 1 aromatic rings. The number of carbonyl (C=O) groups is 1. The largest absolute Gasteiger partial charge is 0.396 e. The van der Waals surface area contributed by atoms with Crippen LogP contribution in [0.4, 0.5) is 4.39 Å². The van der Waals surface area contributed by atoms with Gasteiger partial charge in [0.05, 0.1) is 0 Å². The highest BCUT2D eigenvalue weighted by Gasteiger charge is 2.11. The van der Waals surface area contributed by atoms with Crippen molar-refractivity contribution in [2.45, 2.75) is 26.3 Å². The fraction of sp³-hybridized carbons (Fsp3) is 0.462. The third-order valence-corrected chi connectivity index (χ3v) is 2.55. The Labute approximate surface area is 101 Å². The molecule has 1 N–H and O–H groups in total. The molecule has 0 unspecified atom stereocenters. The Balaban J connectivity index is 2.60. The zero-order valence-corrected chi connectivity index (χ0v) is 10.0. The van der Waals surface area contributed by atoms with Gasteiger partial charge in [0.2, 0.25) is 5.91 Å². The molecule has 1 amide bonds. The van der Waals surface area contributed by atoms with Gasteiger partial charge in [-0.2, -0.15) is 0 Å². The topological polar surface area (TPSA) is 40.5 Å². The molecule has 0 fully saturated rings. The molecule has 0 bridgehead atoms. The summed E-state index contributed by atoms with van der Waals surface area (Å²) in [6, 6.07) is 6.25. The molecule has 0 saturated carbocycles. The van der Waals surface area contributed by atoms with Crippen molar-refractivity contribution >= 4 is 5.91 Å². The Morgan fingerprint density at radius 3 is 2.82 bits per heavy atom. The number of carbonyl (C=O) groups excluding carboxylic acids is 1. The van der Waals surface area contributed by atoms with Gasteiger partial charge in [0, 0.05) is 26.1 Å². The Kier molecular flexibility index (Phi) is 5.63. The lowest BCUT2D eigenvalue weighted by Gasteiger charge is -2.20. The van der Waals surface area contributed by atoms with Crippen LogP contribution in [0.1, 0.15) is 25.3 Å². The highest BCUT2D eigenvalue weighted by Crippen LogP contribution is 2.09. The number of halogens is 1. The Hall–Kier alpha value is -1.42. The fourth-order valence-corrected chi connectivity index (χ4v) is 1.62. The lowest BCUT2D eigenvalue weighted by molar-refractivity contribution is -0.131. The molecule has 1 rings (SSSR count). The van der Waals surface area contributed by atoms with Gasteiger partial charge in [-0.1, -0.05) is 12.1 Å². The van der Waals surface area contributed by atoms with Crippen LogP contribution >= 0.6 is 0 Å². The molecule has 0 aromatic heterocycles. The molecule has 0 aliphatic rings. The summed E-state index contributed by atoms with van der Waals surface area (Å²) < 4.78 is 13.0. The predicted molar refractivity (Wildman–Crippen MR) is 63.8 cm³/mol. The summed E-state index contributed by atoms with van der Waals surface area (Å²) in [5.74, 6) is -0.299. The van der Waals surface area contributed by atoms with Crippen molar-refractivity contribution in [3.8, 4) is 0 Å². The van der Waals surface area contributed by atoms with E-state index in [0.29, 0.717) is 25.9 Å². The van der Waals surface area contributed by atoms with Gasteiger partial charge >= 0.3 is 0 Å². The van der Waals surface area contributed by atoms with E-state index in [4.69, 9.17) is 5.11 Å². The van der Waals surface area contributed by atoms with Crippen molar-refractivity contribution in [1.82, 2.24) is 4.90 Å². The summed E-state index contributed by atoms with van der Waals surface area (Å²) in [5.41, 5.74) is 0.782. The summed E-state index contributed by atoms with van der Waals surface area (Å²) in [6.07, 6.45) is 0.804. The average molecular weight is 239 g/mol. The highest BCUT2D eigenvalue weighted by atomic mass is 19.1. The Bertz CT molecular complexity index is 368. The van der Waals surface area contributed by atoms with Gasteiger partial charge in [0.25, 0.3) is 0 Å². The van der Waals surface area contributed by atoms with Crippen LogP contribution in [0.2, 0.25) is 0 Å². The van der Waals surface area contributed by atoms with Crippen molar-refractivity contribution in [2.75, 3.05) is 13.2 Å². The third-order valence-electron chi connectivity index (χ3n) is 2.55. The molecule has 0 aliphatic heterocycles. The molecule has 0 spiro atoms. The molecule has 4 heteroatoms. The van der Waals surface area contributed by atoms with E-state index in [1.54, 1.807) is 17.0 Å². The zero-order valence-electron chi connectivity index (χ0n) is 10.0. The maximum Gasteiger partial charge on any atom is 0.222 e. The Morgan fingerprint density at radius 1 is 1.47 bits per heavy atom. The smallest absolute Gasteiger partial charge is 0.222 e. The van der Waals surface area contributed by atoms with E-state index in [2.05, 4.69) is 0 Å². The van der Waals surface area contributed by atoms with Crippen LogP contribution in [0.3, 0.4) is 0 Å². The van der Waals surface area contributed by atoms with Gasteiger partial charge in [-0.25, -0.2) is 4.39 Å². The molecule has 17 heavy (non-hydrogen) atoms. The van der Waals surface area contributed by atoms with Crippen LogP contribution in [0, 0.1) is 5.82 Å². The first-order valence-electron chi connectivity index (χ1n) is 5.80. The number of aliphatic hydroxyl groups is 1. The lowest BCUT2D eigenvalue weighted by Crippen LogP contribution is -2.30. The SMILES string of the molecule is CCN(Cc1cccc(F)c1)C(=O)CCCO. The van der Waals surface area contributed by atoms with E-state index in [-0.39, 0.29) is 18.3 Å². The number of benzene rings is 1. The summed E-state index contributed by atoms with van der Waals surface area (Å²) in [4.78, 5) is 13.4. The van der Waals surface area contributed by atoms with Crippen LogP contribution in [0.5, 0.6) is 0 Å². The van der Waals surface area contributed by atoms with Crippen LogP contribution in [0.25, 0.3) is 0 Å². The number of aliphatic hydroxyl groups excluding tert-OH is 1. The molecular formula is C13H18FNO2. The normalized spacial score (nSPS) is 10.3. The van der Waals surface area contributed by atoms with E-state index in [9.17, 15) is 9.18 Å². The molecule has 0 radical (unpaired) electrons. The van der Waals surface area contributed by atoms with E-state index >= 15 is 0 Å². The average Bonchev–Trinajstić information content (AvgIpc) is 2.33. The number of hydrogen-bond acceptors (Lipinski definition) is 2. The summed E-state index contributed by atoms with van der Waals surface area (Å²) >= 11 is 0. The second kappa shape index (κ2) is 7.01. The number of rotatable bonds is 6. The quantitative estimate of drug-likeness (QED) is 0.824. The monoisotopic (exact) mass is 239 g/mol. The summed E-state index contributed by atoms with van der Waals surface area (Å²) in [6.45, 7) is 2.90. The van der Waals surface area contributed by atoms with Crippen molar-refractivity contribution in [1.29, 1.82) is 0 Å². The minimum Gasteiger partial charge on any atom is -0.396 e. The lowest BCUT2D eigenvalue weighted by atomic mass is 10.2. The van der Waals surface area contributed by atoms with Crippen molar-refractivity contribution in [3.63, 3.8) is 0 Å². The number of nitrogens with zero attached hydrogens (tertiary/aromatic N) is 1. The molecule has 1 aromatic carbocycles. The first-order chi connectivity index (χ1) is 8.17. The fourth-order valence-electron chi connectivity index (χ4n) is 1.62. The van der Waals surface area contributed by atoms with Gasteiger partial charge in [-0.15, -0.1) is 0 Å². The molecule has 3 nitrogen and oxygen atoms in total.